The molecule has 2 heterocycles. The first-order chi connectivity index (χ1) is 15.1. The maximum atomic E-state index is 13.9. The lowest BCUT2D eigenvalue weighted by molar-refractivity contribution is 0.0631. The van der Waals surface area contributed by atoms with Crippen LogP contribution < -0.4 is 9.47 Å². The molecular weight excluding hydrogens is 415 g/mol. The number of methoxy groups -OCH3 is 1. The number of hydrogen-bond acceptors (Lipinski definition) is 5. The van der Waals surface area contributed by atoms with Crippen molar-refractivity contribution in [2.24, 2.45) is 0 Å². The van der Waals surface area contributed by atoms with Crippen LogP contribution in [0.25, 0.3) is 0 Å². The summed E-state index contributed by atoms with van der Waals surface area (Å²) in [6.07, 6.45) is 0. The summed E-state index contributed by atoms with van der Waals surface area (Å²) in [6, 6.07) is 16.2. The van der Waals surface area contributed by atoms with E-state index in [9.17, 15) is 9.18 Å². The van der Waals surface area contributed by atoms with Crippen LogP contribution in [0.3, 0.4) is 0 Å². The van der Waals surface area contributed by atoms with Crippen LogP contribution in [0.1, 0.15) is 20.8 Å². The maximum absolute atomic E-state index is 13.9. The van der Waals surface area contributed by atoms with E-state index in [1.807, 2.05) is 52.7 Å². The van der Waals surface area contributed by atoms with E-state index in [2.05, 4.69) is 4.90 Å². The molecule has 1 amide bonds. The Morgan fingerprint density at radius 1 is 1.03 bits per heavy atom. The van der Waals surface area contributed by atoms with Crippen LogP contribution in [0.2, 0.25) is 0 Å². The zero-order valence-corrected chi connectivity index (χ0v) is 18.2. The SMILES string of the molecule is COc1cccc(OCc2csc(C(=O)N3CCN(Cc4ccccc4F)CC3)c2)c1. The Morgan fingerprint density at radius 2 is 1.81 bits per heavy atom. The standard InChI is InChI=1S/C24H25FN2O3S/c1-29-20-6-4-7-21(14-20)30-16-18-13-23(31-17-18)24(28)27-11-9-26(10-12-27)15-19-5-2-3-8-22(19)25/h2-8,13-14,17H,9-12,15-16H2,1H3. The van der Waals surface area contributed by atoms with Gasteiger partial charge in [-0.1, -0.05) is 24.3 Å². The molecule has 31 heavy (non-hydrogen) atoms. The van der Waals surface area contributed by atoms with E-state index in [0.29, 0.717) is 36.7 Å². The molecule has 162 valence electrons. The molecule has 5 nitrogen and oxygen atoms in total. The number of nitrogens with zero attached hydrogens (tertiary/aromatic N) is 2. The zero-order valence-electron chi connectivity index (χ0n) is 17.4. The minimum atomic E-state index is -0.178. The van der Waals surface area contributed by atoms with Crippen LogP contribution in [-0.2, 0) is 13.2 Å². The molecule has 0 spiro atoms. The molecule has 1 aliphatic rings. The van der Waals surface area contributed by atoms with Crippen molar-refractivity contribution in [1.29, 1.82) is 0 Å². The number of halogens is 1. The Kier molecular flexibility index (Phi) is 6.84. The third kappa shape index (κ3) is 5.42. The number of ether oxygens (including phenoxy) is 2. The van der Waals surface area contributed by atoms with Gasteiger partial charge in [-0.25, -0.2) is 4.39 Å². The molecule has 2 aromatic carbocycles. The summed E-state index contributed by atoms with van der Waals surface area (Å²) in [5, 5.41) is 1.96. The molecule has 4 rings (SSSR count). The zero-order chi connectivity index (χ0) is 21.6. The molecule has 1 aliphatic heterocycles. The number of hydrogen-bond donors (Lipinski definition) is 0. The van der Waals surface area contributed by atoms with E-state index in [1.165, 1.54) is 17.4 Å². The van der Waals surface area contributed by atoms with Gasteiger partial charge in [0.15, 0.2) is 0 Å². The highest BCUT2D eigenvalue weighted by Crippen LogP contribution is 2.23. The van der Waals surface area contributed by atoms with Crippen molar-refractivity contribution in [3.8, 4) is 11.5 Å². The normalized spacial score (nSPS) is 14.5. The number of carbonyl (C=O) groups is 1. The summed E-state index contributed by atoms with van der Waals surface area (Å²) < 4.78 is 24.9. The van der Waals surface area contributed by atoms with Gasteiger partial charge in [-0.15, -0.1) is 11.3 Å². The highest BCUT2D eigenvalue weighted by atomic mass is 32.1. The average molecular weight is 441 g/mol. The van der Waals surface area contributed by atoms with Crippen LogP contribution in [0.4, 0.5) is 4.39 Å². The van der Waals surface area contributed by atoms with Crippen molar-refractivity contribution in [3.05, 3.63) is 81.8 Å². The fraction of sp³-hybridized carbons (Fsp3) is 0.292. The number of piperazine rings is 1. The Labute approximate surface area is 185 Å². The molecule has 0 N–H and O–H groups in total. The highest BCUT2D eigenvalue weighted by molar-refractivity contribution is 7.12. The second-order valence-corrected chi connectivity index (χ2v) is 8.36. The molecule has 0 bridgehead atoms. The summed E-state index contributed by atoms with van der Waals surface area (Å²) in [7, 11) is 1.62. The third-order valence-corrected chi connectivity index (χ3v) is 6.29. The number of rotatable bonds is 7. The van der Waals surface area contributed by atoms with Gasteiger partial charge in [0, 0.05) is 49.9 Å². The number of benzene rings is 2. The smallest absolute Gasteiger partial charge is 0.264 e. The van der Waals surface area contributed by atoms with E-state index >= 15 is 0 Å². The summed E-state index contributed by atoms with van der Waals surface area (Å²) in [4.78, 5) is 17.7. The monoisotopic (exact) mass is 440 g/mol. The second kappa shape index (κ2) is 9.94. The van der Waals surface area contributed by atoms with Gasteiger partial charge in [-0.2, -0.15) is 0 Å². The van der Waals surface area contributed by atoms with E-state index < -0.39 is 0 Å². The van der Waals surface area contributed by atoms with Gasteiger partial charge in [0.2, 0.25) is 0 Å². The van der Waals surface area contributed by atoms with E-state index in [0.717, 1.165) is 30.2 Å². The first-order valence-electron chi connectivity index (χ1n) is 10.2. The van der Waals surface area contributed by atoms with Crippen molar-refractivity contribution in [2.45, 2.75) is 13.2 Å². The first-order valence-corrected chi connectivity index (χ1v) is 11.1. The Bertz CT molecular complexity index is 1030. The second-order valence-electron chi connectivity index (χ2n) is 7.45. The molecule has 1 saturated heterocycles. The van der Waals surface area contributed by atoms with Gasteiger partial charge in [0.1, 0.15) is 23.9 Å². The van der Waals surface area contributed by atoms with E-state index in [4.69, 9.17) is 9.47 Å². The van der Waals surface area contributed by atoms with Crippen LogP contribution >= 0.6 is 11.3 Å². The van der Waals surface area contributed by atoms with Gasteiger partial charge in [0.25, 0.3) is 5.91 Å². The molecule has 0 unspecified atom stereocenters. The predicted octanol–water partition coefficient (Wildman–Crippen LogP) is 4.43. The van der Waals surface area contributed by atoms with Gasteiger partial charge >= 0.3 is 0 Å². The molecule has 3 aromatic rings. The Hall–Kier alpha value is -2.90. The topological polar surface area (TPSA) is 42.0 Å². The largest absolute Gasteiger partial charge is 0.497 e. The van der Waals surface area contributed by atoms with E-state index in [1.54, 1.807) is 13.2 Å². The first kappa shape index (κ1) is 21.3. The molecular formula is C24H25FN2O3S. The number of amides is 1. The summed E-state index contributed by atoms with van der Waals surface area (Å²) >= 11 is 1.44. The lowest BCUT2D eigenvalue weighted by Gasteiger charge is -2.34. The molecule has 0 radical (unpaired) electrons. The van der Waals surface area contributed by atoms with Crippen molar-refractivity contribution in [2.75, 3.05) is 33.3 Å². The lowest BCUT2D eigenvalue weighted by Crippen LogP contribution is -2.48. The molecule has 0 aliphatic carbocycles. The van der Waals surface area contributed by atoms with Gasteiger partial charge in [-0.05, 0) is 29.6 Å². The fourth-order valence-electron chi connectivity index (χ4n) is 3.55. The minimum Gasteiger partial charge on any atom is -0.497 e. The van der Waals surface area contributed by atoms with E-state index in [-0.39, 0.29) is 11.7 Å². The highest BCUT2D eigenvalue weighted by Gasteiger charge is 2.23. The quantitative estimate of drug-likeness (QED) is 0.545. The maximum Gasteiger partial charge on any atom is 0.264 e. The third-order valence-electron chi connectivity index (χ3n) is 5.32. The lowest BCUT2D eigenvalue weighted by atomic mass is 10.2. The summed E-state index contributed by atoms with van der Waals surface area (Å²) in [6.45, 7) is 3.71. The van der Waals surface area contributed by atoms with Crippen molar-refractivity contribution < 1.29 is 18.7 Å². The van der Waals surface area contributed by atoms with Crippen LogP contribution in [0, 0.1) is 5.82 Å². The van der Waals surface area contributed by atoms with Gasteiger partial charge in [-0.3, -0.25) is 9.69 Å². The molecule has 1 aromatic heterocycles. The minimum absolute atomic E-state index is 0.0446. The fourth-order valence-corrected chi connectivity index (χ4v) is 4.42. The number of carbonyl (C=O) groups excluding carboxylic acids is 1. The Balaban J connectivity index is 1.28. The van der Waals surface area contributed by atoms with Crippen molar-refractivity contribution in [1.82, 2.24) is 9.80 Å². The Morgan fingerprint density at radius 3 is 2.58 bits per heavy atom. The van der Waals surface area contributed by atoms with Crippen LogP contribution in [0.15, 0.2) is 60.0 Å². The molecule has 7 heteroatoms. The van der Waals surface area contributed by atoms with Crippen LogP contribution in [0.5, 0.6) is 11.5 Å². The van der Waals surface area contributed by atoms with Gasteiger partial charge in [0.05, 0.1) is 12.0 Å². The van der Waals surface area contributed by atoms with Gasteiger partial charge < -0.3 is 14.4 Å². The number of thiophene rings is 1. The molecule has 0 atom stereocenters. The molecule has 0 saturated carbocycles. The average Bonchev–Trinajstić information content (AvgIpc) is 3.28. The van der Waals surface area contributed by atoms with Crippen molar-refractivity contribution >= 4 is 17.2 Å². The summed E-state index contributed by atoms with van der Waals surface area (Å²) in [5.41, 5.74) is 1.66. The van der Waals surface area contributed by atoms with Crippen molar-refractivity contribution in [3.63, 3.8) is 0 Å². The predicted molar refractivity (Wildman–Crippen MR) is 119 cm³/mol. The summed E-state index contributed by atoms with van der Waals surface area (Å²) in [5.74, 6) is 1.34. The van der Waals surface area contributed by atoms with Crippen LogP contribution in [-0.4, -0.2) is 49.0 Å². The molecule has 1 fully saturated rings.